The van der Waals surface area contributed by atoms with Gasteiger partial charge in [-0.2, -0.15) is 0 Å². The molecule has 0 radical (unpaired) electrons. The Bertz CT molecular complexity index is 324. The summed E-state index contributed by atoms with van der Waals surface area (Å²) >= 11 is 0. The summed E-state index contributed by atoms with van der Waals surface area (Å²) < 4.78 is 4.76. The lowest BCUT2D eigenvalue weighted by molar-refractivity contribution is 0.0512. The number of rotatable bonds is 5. The zero-order valence-electron chi connectivity index (χ0n) is 8.99. The molecule has 0 fully saturated rings. The summed E-state index contributed by atoms with van der Waals surface area (Å²) in [4.78, 5) is 15.2. The molecule has 3 N–H and O–H groups in total. The van der Waals surface area contributed by atoms with E-state index in [0.717, 1.165) is 12.8 Å². The fourth-order valence-corrected chi connectivity index (χ4v) is 1.17. The number of nitrogens with two attached hydrogens (primary N) is 1. The van der Waals surface area contributed by atoms with E-state index in [1.165, 1.54) is 0 Å². The fourth-order valence-electron chi connectivity index (χ4n) is 1.17. The van der Waals surface area contributed by atoms with Gasteiger partial charge in [0.1, 0.15) is 5.82 Å². The molecule has 0 bridgehead atoms. The number of carbonyl (C=O) groups is 1. The van der Waals surface area contributed by atoms with Gasteiger partial charge in [-0.25, -0.2) is 9.78 Å². The second-order valence-corrected chi connectivity index (χ2v) is 3.16. The molecule has 6 nitrogen and oxygen atoms in total. The first-order chi connectivity index (χ1) is 7.19. The van der Waals surface area contributed by atoms with Crippen LogP contribution in [0.4, 0.5) is 0 Å². The number of aromatic nitrogens is 3. The maximum Gasteiger partial charge on any atom is 0.378 e. The molecule has 0 saturated heterocycles. The van der Waals surface area contributed by atoms with Crippen LogP contribution in [0.2, 0.25) is 0 Å². The average Bonchev–Trinajstić information content (AvgIpc) is 2.67. The number of H-pyrrole nitrogens is 1. The minimum absolute atomic E-state index is 0.0402. The molecule has 0 aromatic carbocycles. The van der Waals surface area contributed by atoms with Crippen LogP contribution >= 0.6 is 0 Å². The van der Waals surface area contributed by atoms with Gasteiger partial charge in [0.25, 0.3) is 5.82 Å². The summed E-state index contributed by atoms with van der Waals surface area (Å²) in [5.41, 5.74) is 5.81. The van der Waals surface area contributed by atoms with Crippen molar-refractivity contribution in [2.24, 2.45) is 5.73 Å². The molecule has 1 heterocycles. The second kappa shape index (κ2) is 5.45. The van der Waals surface area contributed by atoms with E-state index in [1.807, 2.05) is 6.92 Å². The Labute approximate surface area is 88.2 Å². The van der Waals surface area contributed by atoms with E-state index in [2.05, 4.69) is 15.2 Å². The van der Waals surface area contributed by atoms with Gasteiger partial charge in [0, 0.05) is 0 Å². The topological polar surface area (TPSA) is 93.9 Å². The smallest absolute Gasteiger partial charge is 0.378 e. The highest BCUT2D eigenvalue weighted by molar-refractivity contribution is 5.84. The molecule has 0 amide bonds. The minimum atomic E-state index is -0.524. The minimum Gasteiger partial charge on any atom is -0.460 e. The Morgan fingerprint density at radius 2 is 2.33 bits per heavy atom. The summed E-state index contributed by atoms with van der Waals surface area (Å²) in [6.45, 7) is 4.07. The van der Waals surface area contributed by atoms with Crippen molar-refractivity contribution >= 4 is 5.97 Å². The number of hydrogen-bond donors (Lipinski definition) is 2. The fraction of sp³-hybridized carbons (Fsp3) is 0.667. The second-order valence-electron chi connectivity index (χ2n) is 3.16. The van der Waals surface area contributed by atoms with Gasteiger partial charge >= 0.3 is 5.97 Å². The van der Waals surface area contributed by atoms with Crippen LogP contribution in [0.1, 0.15) is 49.2 Å². The maximum atomic E-state index is 11.2. The number of nitrogens with one attached hydrogen (secondary N) is 1. The lowest BCUT2D eigenvalue weighted by Crippen LogP contribution is -2.12. The third-order valence-electron chi connectivity index (χ3n) is 1.91. The molecule has 0 spiro atoms. The molecule has 0 saturated carbocycles. The van der Waals surface area contributed by atoms with Crippen molar-refractivity contribution in [3.8, 4) is 0 Å². The summed E-state index contributed by atoms with van der Waals surface area (Å²) in [5.74, 6) is 0.0435. The Balaban J connectivity index is 2.67. The van der Waals surface area contributed by atoms with Gasteiger partial charge in [0.05, 0.1) is 12.6 Å². The number of nitrogens with zero attached hydrogens (tertiary/aromatic N) is 2. The van der Waals surface area contributed by atoms with Crippen LogP contribution in [-0.2, 0) is 4.74 Å². The van der Waals surface area contributed by atoms with Crippen molar-refractivity contribution < 1.29 is 9.53 Å². The molecule has 1 aromatic heterocycles. The number of aromatic amines is 1. The van der Waals surface area contributed by atoms with Gasteiger partial charge < -0.3 is 10.5 Å². The van der Waals surface area contributed by atoms with E-state index >= 15 is 0 Å². The Morgan fingerprint density at radius 1 is 1.60 bits per heavy atom. The van der Waals surface area contributed by atoms with Crippen LogP contribution in [0.5, 0.6) is 0 Å². The van der Waals surface area contributed by atoms with E-state index in [4.69, 9.17) is 10.5 Å². The van der Waals surface area contributed by atoms with Gasteiger partial charge in [-0.3, -0.25) is 5.10 Å². The third-order valence-corrected chi connectivity index (χ3v) is 1.91. The maximum absolute atomic E-state index is 11.2. The zero-order valence-corrected chi connectivity index (χ0v) is 8.99. The summed E-state index contributed by atoms with van der Waals surface area (Å²) in [6.07, 6.45) is 1.76. The van der Waals surface area contributed by atoms with Gasteiger partial charge in [-0.1, -0.05) is 13.3 Å². The van der Waals surface area contributed by atoms with Crippen LogP contribution in [0.3, 0.4) is 0 Å². The van der Waals surface area contributed by atoms with Crippen LogP contribution < -0.4 is 5.73 Å². The first kappa shape index (κ1) is 11.6. The molecule has 0 aliphatic carbocycles. The monoisotopic (exact) mass is 212 g/mol. The molecule has 1 aromatic rings. The zero-order chi connectivity index (χ0) is 11.3. The summed E-state index contributed by atoms with van der Waals surface area (Å²) in [6, 6.07) is -0.203. The number of carbonyl (C=O) groups excluding carboxylic acids is 1. The van der Waals surface area contributed by atoms with E-state index in [9.17, 15) is 4.79 Å². The predicted octanol–water partition coefficient (Wildman–Crippen LogP) is 0.781. The van der Waals surface area contributed by atoms with Gasteiger partial charge in [0.2, 0.25) is 0 Å². The van der Waals surface area contributed by atoms with Crippen LogP contribution in [0, 0.1) is 0 Å². The molecule has 6 heteroatoms. The first-order valence-electron chi connectivity index (χ1n) is 5.04. The summed E-state index contributed by atoms with van der Waals surface area (Å²) in [5, 5.41) is 6.39. The highest BCUT2D eigenvalue weighted by Crippen LogP contribution is 2.10. The largest absolute Gasteiger partial charge is 0.460 e. The highest BCUT2D eigenvalue weighted by atomic mass is 16.5. The quantitative estimate of drug-likeness (QED) is 0.703. The van der Waals surface area contributed by atoms with E-state index in [1.54, 1.807) is 6.92 Å². The van der Waals surface area contributed by atoms with Gasteiger partial charge in [0.15, 0.2) is 0 Å². The van der Waals surface area contributed by atoms with Crippen molar-refractivity contribution in [1.82, 2.24) is 15.2 Å². The average molecular weight is 212 g/mol. The van der Waals surface area contributed by atoms with E-state index in [-0.39, 0.29) is 11.9 Å². The van der Waals surface area contributed by atoms with E-state index < -0.39 is 5.97 Å². The van der Waals surface area contributed by atoms with E-state index in [0.29, 0.717) is 12.4 Å². The molecule has 1 unspecified atom stereocenters. The van der Waals surface area contributed by atoms with Crippen LogP contribution in [0.25, 0.3) is 0 Å². The SMILES string of the molecule is CCCC(N)c1nc(C(=O)OCC)n[nH]1. The number of hydrogen-bond acceptors (Lipinski definition) is 5. The Kier molecular flexibility index (Phi) is 4.23. The lowest BCUT2D eigenvalue weighted by Gasteiger charge is -2.04. The van der Waals surface area contributed by atoms with Crippen LogP contribution in [-0.4, -0.2) is 27.8 Å². The molecular formula is C9H16N4O2. The molecule has 1 atom stereocenters. The van der Waals surface area contributed by atoms with Crippen LogP contribution in [0.15, 0.2) is 0 Å². The van der Waals surface area contributed by atoms with Gasteiger partial charge in [-0.05, 0) is 13.3 Å². The normalized spacial score (nSPS) is 12.5. The van der Waals surface area contributed by atoms with Crippen molar-refractivity contribution in [3.05, 3.63) is 11.6 Å². The molecule has 0 aliphatic heterocycles. The highest BCUT2D eigenvalue weighted by Gasteiger charge is 2.16. The molecular weight excluding hydrogens is 196 g/mol. The number of esters is 1. The van der Waals surface area contributed by atoms with Crippen molar-refractivity contribution in [2.45, 2.75) is 32.7 Å². The Morgan fingerprint density at radius 3 is 2.93 bits per heavy atom. The third kappa shape index (κ3) is 3.02. The molecule has 15 heavy (non-hydrogen) atoms. The van der Waals surface area contributed by atoms with Crippen molar-refractivity contribution in [2.75, 3.05) is 6.61 Å². The first-order valence-corrected chi connectivity index (χ1v) is 5.04. The van der Waals surface area contributed by atoms with Gasteiger partial charge in [-0.15, -0.1) is 5.10 Å². The molecule has 84 valence electrons. The standard InChI is InChI=1S/C9H16N4O2/c1-3-5-6(10)7-11-8(13-12-7)9(14)15-4-2/h6H,3-5,10H2,1-2H3,(H,11,12,13). The molecule has 1 rings (SSSR count). The molecule has 0 aliphatic rings. The predicted molar refractivity (Wildman–Crippen MR) is 54.2 cm³/mol. The lowest BCUT2D eigenvalue weighted by atomic mass is 10.2. The summed E-state index contributed by atoms with van der Waals surface area (Å²) in [7, 11) is 0. The van der Waals surface area contributed by atoms with Crippen molar-refractivity contribution in [3.63, 3.8) is 0 Å². The Hall–Kier alpha value is -1.43. The number of ether oxygens (including phenoxy) is 1. The van der Waals surface area contributed by atoms with Crippen molar-refractivity contribution in [1.29, 1.82) is 0 Å².